The van der Waals surface area contributed by atoms with E-state index in [0.717, 1.165) is 24.8 Å². The Balaban J connectivity index is 1.88. The number of hydrogen-bond acceptors (Lipinski definition) is 5. The highest BCUT2D eigenvalue weighted by molar-refractivity contribution is 5.65. The Morgan fingerprint density at radius 2 is 1.82 bits per heavy atom. The number of fused-ring (bicyclic) bond motifs is 2. The second-order valence-corrected chi connectivity index (χ2v) is 8.60. The fraction of sp³-hybridized carbons (Fsp3) is 0.619. The first kappa shape index (κ1) is 20.5. The van der Waals surface area contributed by atoms with Crippen LogP contribution in [0.5, 0.6) is 5.75 Å². The number of ether oxygens (including phenoxy) is 3. The fourth-order valence-electron chi connectivity index (χ4n) is 4.68. The van der Waals surface area contributed by atoms with Crippen molar-refractivity contribution in [1.82, 2.24) is 4.90 Å². The number of nitrogens with zero attached hydrogens (tertiary/aromatic N) is 1. The number of benzene rings is 1. The number of likely N-dealkylation sites (tertiary alicyclic amines) is 1. The van der Waals surface area contributed by atoms with Crippen LogP contribution in [0.1, 0.15) is 45.6 Å². The minimum Gasteiger partial charge on any atom is -0.465 e. The van der Waals surface area contributed by atoms with Crippen molar-refractivity contribution in [2.75, 3.05) is 20.2 Å². The number of methoxy groups -OCH3 is 1. The first-order valence-electron chi connectivity index (χ1n) is 9.70. The number of carbonyl (C=O) groups excluding carboxylic acids is 1. The van der Waals surface area contributed by atoms with E-state index >= 15 is 0 Å². The smallest absolute Gasteiger partial charge is 0.465 e. The largest absolute Gasteiger partial charge is 0.514 e. The molecule has 1 saturated carbocycles. The Kier molecular flexibility index (Phi) is 5.57. The summed E-state index contributed by atoms with van der Waals surface area (Å²) < 4.78 is 16.7. The van der Waals surface area contributed by atoms with Gasteiger partial charge in [0.1, 0.15) is 17.0 Å². The van der Waals surface area contributed by atoms with E-state index in [1.165, 1.54) is 4.90 Å². The molecule has 1 aliphatic carbocycles. The zero-order chi connectivity index (χ0) is 20.5. The van der Waals surface area contributed by atoms with Crippen molar-refractivity contribution in [1.29, 1.82) is 0 Å². The summed E-state index contributed by atoms with van der Waals surface area (Å²) in [6, 6.07) is 7.32. The third-order valence-corrected chi connectivity index (χ3v) is 5.68. The van der Waals surface area contributed by atoms with Crippen LogP contribution in [0.3, 0.4) is 0 Å². The highest BCUT2D eigenvalue weighted by Crippen LogP contribution is 2.51. The van der Waals surface area contributed by atoms with Gasteiger partial charge in [-0.2, -0.15) is 0 Å². The molecule has 1 aromatic carbocycles. The molecular formula is C21H29NO6. The average molecular weight is 391 g/mol. The summed E-state index contributed by atoms with van der Waals surface area (Å²) in [7, 11) is 1.68. The van der Waals surface area contributed by atoms with Crippen LogP contribution >= 0.6 is 0 Å². The Morgan fingerprint density at radius 1 is 1.18 bits per heavy atom. The van der Waals surface area contributed by atoms with E-state index in [1.807, 2.05) is 18.2 Å². The molecule has 2 atom stereocenters. The van der Waals surface area contributed by atoms with Gasteiger partial charge in [0.15, 0.2) is 0 Å². The van der Waals surface area contributed by atoms with Crippen molar-refractivity contribution in [3.05, 3.63) is 29.8 Å². The maximum absolute atomic E-state index is 12.0. The van der Waals surface area contributed by atoms with Crippen LogP contribution < -0.4 is 4.74 Å². The summed E-state index contributed by atoms with van der Waals surface area (Å²) in [5.74, 6) is 0.498. The van der Waals surface area contributed by atoms with Gasteiger partial charge in [-0.15, -0.1) is 0 Å². The van der Waals surface area contributed by atoms with Gasteiger partial charge in [-0.05, 0) is 51.3 Å². The van der Waals surface area contributed by atoms with E-state index in [9.17, 15) is 14.7 Å². The van der Waals surface area contributed by atoms with Crippen LogP contribution in [-0.4, -0.2) is 48.1 Å². The van der Waals surface area contributed by atoms with Crippen LogP contribution in [0.15, 0.2) is 24.3 Å². The molecule has 0 aromatic heterocycles. The van der Waals surface area contributed by atoms with Crippen LogP contribution in [0.2, 0.25) is 0 Å². The monoisotopic (exact) mass is 391 g/mol. The summed E-state index contributed by atoms with van der Waals surface area (Å²) in [5, 5.41) is 9.46. The number of amides is 1. The minimum absolute atomic E-state index is 0.0536. The predicted octanol–water partition coefficient (Wildman–Crippen LogP) is 4.25. The highest BCUT2D eigenvalue weighted by atomic mass is 16.7. The number of rotatable bonds is 3. The van der Waals surface area contributed by atoms with Gasteiger partial charge in [0.25, 0.3) is 0 Å². The van der Waals surface area contributed by atoms with Gasteiger partial charge >= 0.3 is 12.2 Å². The molecule has 1 saturated heterocycles. The van der Waals surface area contributed by atoms with Crippen LogP contribution in [0.25, 0.3) is 0 Å². The second-order valence-electron chi connectivity index (χ2n) is 8.60. The Morgan fingerprint density at radius 3 is 2.36 bits per heavy atom. The molecule has 1 N–H and O–H groups in total. The minimum atomic E-state index is -0.886. The lowest BCUT2D eigenvalue weighted by Crippen LogP contribution is -2.59. The van der Waals surface area contributed by atoms with E-state index < -0.39 is 23.5 Å². The zero-order valence-electron chi connectivity index (χ0n) is 16.9. The van der Waals surface area contributed by atoms with Crippen molar-refractivity contribution < 1.29 is 28.9 Å². The third kappa shape index (κ3) is 3.94. The summed E-state index contributed by atoms with van der Waals surface area (Å²) in [6.07, 6.45) is 1.21. The summed E-state index contributed by atoms with van der Waals surface area (Å²) in [4.78, 5) is 25.0. The molecule has 1 amide bonds. The standard InChI is InChI=1S/C21H29NO6/c1-20(2,3)28-19(25)27-17-10-6-7-14(11-17)21(26-4)15-8-5-9-16(21)13-22(12-15)18(23)24/h6-7,10-11,15-16H,5,8-9,12-13H2,1-4H3,(H,23,24). The summed E-state index contributed by atoms with van der Waals surface area (Å²) >= 11 is 0. The molecule has 154 valence electrons. The van der Waals surface area contributed by atoms with Gasteiger partial charge in [0.05, 0.1) is 0 Å². The van der Waals surface area contributed by atoms with Gasteiger partial charge in [-0.25, -0.2) is 9.59 Å². The van der Waals surface area contributed by atoms with Gasteiger partial charge in [-0.1, -0.05) is 18.6 Å². The Bertz CT molecular complexity index is 727. The van der Waals surface area contributed by atoms with E-state index in [-0.39, 0.29) is 11.8 Å². The lowest BCUT2D eigenvalue weighted by Gasteiger charge is -2.54. The first-order valence-corrected chi connectivity index (χ1v) is 9.70. The van der Waals surface area contributed by atoms with E-state index in [0.29, 0.717) is 18.8 Å². The van der Waals surface area contributed by atoms with Crippen molar-refractivity contribution in [3.63, 3.8) is 0 Å². The molecule has 1 aromatic rings. The molecule has 3 rings (SSSR count). The van der Waals surface area contributed by atoms with E-state index in [1.54, 1.807) is 33.9 Å². The molecule has 2 unspecified atom stereocenters. The SMILES string of the molecule is COC1(c2cccc(OC(=O)OC(C)(C)C)c2)C2CCCC1CN(C(=O)O)C2. The quantitative estimate of drug-likeness (QED) is 0.612. The molecule has 2 aliphatic rings. The first-order chi connectivity index (χ1) is 13.2. The van der Waals surface area contributed by atoms with Gasteiger partial charge < -0.3 is 24.2 Å². The molecular weight excluding hydrogens is 362 g/mol. The maximum atomic E-state index is 12.0. The molecule has 7 heteroatoms. The molecule has 1 heterocycles. The van der Waals surface area contributed by atoms with Crippen molar-refractivity contribution >= 4 is 12.2 Å². The molecule has 0 radical (unpaired) electrons. The van der Waals surface area contributed by atoms with Crippen molar-refractivity contribution in [2.45, 2.75) is 51.2 Å². The number of piperidine rings is 1. The Hall–Kier alpha value is -2.28. The summed E-state index contributed by atoms with van der Waals surface area (Å²) in [6.45, 7) is 6.22. The lowest BCUT2D eigenvalue weighted by molar-refractivity contribution is -0.163. The molecule has 2 bridgehead atoms. The predicted molar refractivity (Wildman–Crippen MR) is 102 cm³/mol. The summed E-state index contributed by atoms with van der Waals surface area (Å²) in [5.41, 5.74) is -0.309. The average Bonchev–Trinajstić information content (AvgIpc) is 2.58. The van der Waals surface area contributed by atoms with Crippen molar-refractivity contribution in [3.8, 4) is 5.75 Å². The van der Waals surface area contributed by atoms with Crippen molar-refractivity contribution in [2.24, 2.45) is 11.8 Å². The van der Waals surface area contributed by atoms with Gasteiger partial charge in [-0.3, -0.25) is 0 Å². The van der Waals surface area contributed by atoms with Crippen LogP contribution in [0.4, 0.5) is 9.59 Å². The normalized spacial score (nSPS) is 27.2. The van der Waals surface area contributed by atoms with E-state index in [2.05, 4.69) is 0 Å². The van der Waals surface area contributed by atoms with E-state index in [4.69, 9.17) is 14.2 Å². The van der Waals surface area contributed by atoms with Crippen LogP contribution in [-0.2, 0) is 15.1 Å². The molecule has 2 fully saturated rings. The number of hydrogen-bond donors (Lipinski definition) is 1. The molecule has 7 nitrogen and oxygen atoms in total. The maximum Gasteiger partial charge on any atom is 0.514 e. The second kappa shape index (κ2) is 7.62. The molecule has 0 spiro atoms. The third-order valence-electron chi connectivity index (χ3n) is 5.68. The molecule has 1 aliphatic heterocycles. The highest BCUT2D eigenvalue weighted by Gasteiger charge is 2.54. The van der Waals surface area contributed by atoms with Gasteiger partial charge in [0.2, 0.25) is 0 Å². The molecule has 28 heavy (non-hydrogen) atoms. The zero-order valence-corrected chi connectivity index (χ0v) is 16.9. The Labute approximate surface area is 165 Å². The number of carboxylic acid groups (broad SMARTS) is 1. The fourth-order valence-corrected chi connectivity index (χ4v) is 4.68. The lowest BCUT2D eigenvalue weighted by atomic mass is 9.62. The number of carbonyl (C=O) groups is 2. The topological polar surface area (TPSA) is 85.3 Å². The van der Waals surface area contributed by atoms with Crippen LogP contribution in [0, 0.1) is 11.8 Å². The van der Waals surface area contributed by atoms with Gasteiger partial charge in [0, 0.05) is 32.0 Å².